The third-order valence-electron chi connectivity index (χ3n) is 3.14. The van der Waals surface area contributed by atoms with Gasteiger partial charge >= 0.3 is 0 Å². The summed E-state index contributed by atoms with van der Waals surface area (Å²) in [5, 5.41) is 5.59. The molecule has 5 heteroatoms. The van der Waals surface area contributed by atoms with E-state index in [0.29, 0.717) is 10.0 Å². The molecule has 0 fully saturated rings. The Morgan fingerprint density at radius 3 is 2.41 bits per heavy atom. The van der Waals surface area contributed by atoms with Crippen LogP contribution in [0.2, 0.25) is 10.0 Å². The minimum Gasteiger partial charge on any atom is -0.309 e. The number of nitrogens with zero attached hydrogens (tertiary/aromatic N) is 2. The maximum atomic E-state index is 6.02. The first-order valence-electron chi connectivity index (χ1n) is 7.04. The molecule has 1 N–H and O–H groups in total. The summed E-state index contributed by atoms with van der Waals surface area (Å²) >= 11 is 11.9. The minimum atomic E-state index is 0.511. The average Bonchev–Trinajstić information content (AvgIpc) is 2.51. The SMILES string of the molecule is CN(C)CC/C(=N/Nc1ccc(Cl)c(Cl)c1)c1ccccc1. The van der Waals surface area contributed by atoms with Crippen LogP contribution < -0.4 is 5.43 Å². The third kappa shape index (κ3) is 5.02. The quantitative estimate of drug-likeness (QED) is 0.608. The van der Waals surface area contributed by atoms with Crippen molar-refractivity contribution in [1.29, 1.82) is 0 Å². The molecule has 0 bridgehead atoms. The van der Waals surface area contributed by atoms with E-state index in [1.165, 1.54) is 0 Å². The molecule has 2 aromatic rings. The molecule has 116 valence electrons. The molecule has 0 saturated heterocycles. The Balaban J connectivity index is 2.18. The van der Waals surface area contributed by atoms with Gasteiger partial charge in [-0.3, -0.25) is 5.43 Å². The van der Waals surface area contributed by atoms with Crippen molar-refractivity contribution in [3.8, 4) is 0 Å². The van der Waals surface area contributed by atoms with Gasteiger partial charge in [0.15, 0.2) is 0 Å². The van der Waals surface area contributed by atoms with Crippen LogP contribution in [0.5, 0.6) is 0 Å². The molecule has 0 heterocycles. The van der Waals surface area contributed by atoms with Crippen molar-refractivity contribution in [2.45, 2.75) is 6.42 Å². The molecular formula is C17H19Cl2N3. The summed E-state index contributed by atoms with van der Waals surface area (Å²) < 4.78 is 0. The third-order valence-corrected chi connectivity index (χ3v) is 3.88. The fourth-order valence-corrected chi connectivity index (χ4v) is 2.22. The van der Waals surface area contributed by atoms with E-state index < -0.39 is 0 Å². The Hall–Kier alpha value is -1.55. The molecular weight excluding hydrogens is 317 g/mol. The van der Waals surface area contributed by atoms with Gasteiger partial charge in [0.05, 0.1) is 21.4 Å². The van der Waals surface area contributed by atoms with E-state index >= 15 is 0 Å². The van der Waals surface area contributed by atoms with Crippen LogP contribution in [0.25, 0.3) is 0 Å². The molecule has 22 heavy (non-hydrogen) atoms. The number of hydrazone groups is 1. The highest BCUT2D eigenvalue weighted by molar-refractivity contribution is 6.42. The molecule has 0 aliphatic carbocycles. The van der Waals surface area contributed by atoms with Crippen molar-refractivity contribution in [2.24, 2.45) is 5.10 Å². The van der Waals surface area contributed by atoms with Crippen LogP contribution in [0.3, 0.4) is 0 Å². The van der Waals surface area contributed by atoms with Crippen LogP contribution in [0.15, 0.2) is 53.6 Å². The van der Waals surface area contributed by atoms with Crippen LogP contribution >= 0.6 is 23.2 Å². The fraction of sp³-hybridized carbons (Fsp3) is 0.235. The van der Waals surface area contributed by atoms with Gasteiger partial charge < -0.3 is 4.90 Å². The van der Waals surface area contributed by atoms with Gasteiger partial charge in [-0.05, 0) is 37.9 Å². The lowest BCUT2D eigenvalue weighted by Gasteiger charge is -2.12. The van der Waals surface area contributed by atoms with Gasteiger partial charge in [0.1, 0.15) is 0 Å². The number of rotatable bonds is 6. The molecule has 0 spiro atoms. The van der Waals surface area contributed by atoms with Crippen molar-refractivity contribution in [3.63, 3.8) is 0 Å². The number of halogens is 2. The minimum absolute atomic E-state index is 0.511. The van der Waals surface area contributed by atoms with Crippen molar-refractivity contribution in [1.82, 2.24) is 4.90 Å². The highest BCUT2D eigenvalue weighted by Gasteiger charge is 2.05. The van der Waals surface area contributed by atoms with Crippen LogP contribution in [0, 0.1) is 0 Å². The number of nitrogens with one attached hydrogen (secondary N) is 1. The van der Waals surface area contributed by atoms with Gasteiger partial charge in [-0.25, -0.2) is 0 Å². The lowest BCUT2D eigenvalue weighted by atomic mass is 10.1. The van der Waals surface area contributed by atoms with Gasteiger partial charge in [0.25, 0.3) is 0 Å². The van der Waals surface area contributed by atoms with Gasteiger partial charge in [0.2, 0.25) is 0 Å². The van der Waals surface area contributed by atoms with Gasteiger partial charge in [-0.1, -0.05) is 53.5 Å². The van der Waals surface area contributed by atoms with Crippen molar-refractivity contribution in [3.05, 3.63) is 64.1 Å². The Labute approximate surface area is 141 Å². The van der Waals surface area contributed by atoms with E-state index in [0.717, 1.165) is 29.9 Å². The smallest absolute Gasteiger partial charge is 0.0692 e. The molecule has 0 atom stereocenters. The number of benzene rings is 2. The highest BCUT2D eigenvalue weighted by atomic mass is 35.5. The summed E-state index contributed by atoms with van der Waals surface area (Å²) in [5.41, 5.74) is 5.98. The first-order valence-corrected chi connectivity index (χ1v) is 7.79. The monoisotopic (exact) mass is 335 g/mol. The summed E-state index contributed by atoms with van der Waals surface area (Å²) in [6.07, 6.45) is 0.853. The van der Waals surface area contributed by atoms with Crippen LogP contribution in [0.4, 0.5) is 5.69 Å². The maximum absolute atomic E-state index is 6.02. The first-order chi connectivity index (χ1) is 10.6. The molecule has 0 aliphatic rings. The summed E-state index contributed by atoms with van der Waals surface area (Å²) in [6, 6.07) is 15.5. The zero-order valence-electron chi connectivity index (χ0n) is 12.7. The standard InChI is InChI=1S/C17H19Cl2N3/c1-22(2)11-10-17(13-6-4-3-5-7-13)21-20-14-8-9-15(18)16(19)12-14/h3-9,12,20H,10-11H2,1-2H3/b21-17-. The second kappa shape index (κ2) is 8.18. The van der Waals surface area contributed by atoms with E-state index in [4.69, 9.17) is 23.2 Å². The predicted octanol–water partition coefficient (Wildman–Crippen LogP) is 4.76. The van der Waals surface area contributed by atoms with E-state index in [1.807, 2.05) is 24.3 Å². The molecule has 2 aromatic carbocycles. The Morgan fingerprint density at radius 1 is 1.05 bits per heavy atom. The molecule has 3 nitrogen and oxygen atoms in total. The molecule has 0 aromatic heterocycles. The Bertz CT molecular complexity index is 640. The lowest BCUT2D eigenvalue weighted by molar-refractivity contribution is 0.422. The van der Waals surface area contributed by atoms with Crippen LogP contribution in [0.1, 0.15) is 12.0 Å². The van der Waals surface area contributed by atoms with Crippen LogP contribution in [-0.4, -0.2) is 31.3 Å². The molecule has 2 rings (SSSR count). The molecule has 0 aliphatic heterocycles. The largest absolute Gasteiger partial charge is 0.309 e. The second-order valence-corrected chi connectivity index (χ2v) is 6.03. The van der Waals surface area contributed by atoms with E-state index in [1.54, 1.807) is 12.1 Å². The van der Waals surface area contributed by atoms with Gasteiger partial charge in [-0.15, -0.1) is 0 Å². The van der Waals surface area contributed by atoms with Crippen LogP contribution in [-0.2, 0) is 0 Å². The van der Waals surface area contributed by atoms with E-state index in [9.17, 15) is 0 Å². The molecule has 0 saturated carbocycles. The maximum Gasteiger partial charge on any atom is 0.0692 e. The summed E-state index contributed by atoms with van der Waals surface area (Å²) in [5.74, 6) is 0. The zero-order chi connectivity index (χ0) is 15.9. The topological polar surface area (TPSA) is 27.6 Å². The fourth-order valence-electron chi connectivity index (χ4n) is 1.92. The average molecular weight is 336 g/mol. The predicted molar refractivity (Wildman–Crippen MR) is 96.2 cm³/mol. The summed E-state index contributed by atoms with van der Waals surface area (Å²) in [7, 11) is 4.10. The number of hydrogen-bond donors (Lipinski definition) is 1. The first kappa shape index (κ1) is 16.8. The summed E-state index contributed by atoms with van der Waals surface area (Å²) in [4.78, 5) is 2.14. The van der Waals surface area contributed by atoms with Crippen molar-refractivity contribution < 1.29 is 0 Å². The van der Waals surface area contributed by atoms with Gasteiger partial charge in [0, 0.05) is 13.0 Å². The molecule has 0 unspecified atom stereocenters. The summed E-state index contributed by atoms with van der Waals surface area (Å²) in [6.45, 7) is 0.927. The Morgan fingerprint density at radius 2 is 1.77 bits per heavy atom. The lowest BCUT2D eigenvalue weighted by Crippen LogP contribution is -2.18. The normalized spacial score (nSPS) is 11.8. The Kier molecular flexibility index (Phi) is 6.25. The molecule has 0 amide bonds. The van der Waals surface area contributed by atoms with E-state index in [2.05, 4.69) is 41.7 Å². The van der Waals surface area contributed by atoms with Gasteiger partial charge in [-0.2, -0.15) is 5.10 Å². The molecule has 0 radical (unpaired) electrons. The number of anilines is 1. The highest BCUT2D eigenvalue weighted by Crippen LogP contribution is 2.25. The van der Waals surface area contributed by atoms with Crippen molar-refractivity contribution in [2.75, 3.05) is 26.1 Å². The van der Waals surface area contributed by atoms with Crippen molar-refractivity contribution >= 4 is 34.6 Å². The zero-order valence-corrected chi connectivity index (χ0v) is 14.2. The number of hydrogen-bond acceptors (Lipinski definition) is 3. The van der Waals surface area contributed by atoms with E-state index in [-0.39, 0.29) is 0 Å². The second-order valence-electron chi connectivity index (χ2n) is 5.22.